The second-order valence-corrected chi connectivity index (χ2v) is 11.3. The molecule has 2 aromatic heterocycles. The molecule has 0 bridgehead atoms. The van der Waals surface area contributed by atoms with Crippen LogP contribution in [0.1, 0.15) is 28.1 Å². The van der Waals surface area contributed by atoms with Crippen molar-refractivity contribution >= 4 is 40.6 Å². The first-order chi connectivity index (χ1) is 20.3. The van der Waals surface area contributed by atoms with Crippen LogP contribution in [-0.2, 0) is 13.0 Å². The molecule has 2 amide bonds. The number of urea groups is 1. The smallest absolute Gasteiger partial charge is 0.336 e. The van der Waals surface area contributed by atoms with Crippen molar-refractivity contribution in [3.8, 4) is 5.75 Å². The van der Waals surface area contributed by atoms with Gasteiger partial charge in [0.15, 0.2) is 5.82 Å². The topological polar surface area (TPSA) is 77.9 Å². The molecule has 10 heteroatoms. The van der Waals surface area contributed by atoms with E-state index in [-0.39, 0.29) is 6.03 Å². The standard InChI is InChI=1S/C32H34ClN7O2/c1-21-6-5-7-22(2)30(21)39-20-24-18-34-28(36-31(24)40(32(39)41)29-11-10-26(42-4)19-35-29)16-23-8-9-25(17-27(23)33)38-14-12-37(3)13-15-38/h5-11,17-19H,12-16,20H2,1-4H3. The van der Waals surface area contributed by atoms with Gasteiger partial charge in [0.2, 0.25) is 0 Å². The number of pyridine rings is 1. The summed E-state index contributed by atoms with van der Waals surface area (Å²) in [7, 11) is 3.73. The highest BCUT2D eigenvalue weighted by atomic mass is 35.5. The van der Waals surface area contributed by atoms with E-state index in [1.54, 1.807) is 35.2 Å². The number of carbonyl (C=O) groups is 1. The number of hydrogen-bond donors (Lipinski definition) is 0. The maximum Gasteiger partial charge on any atom is 0.336 e. The number of methoxy groups -OCH3 is 1. The minimum Gasteiger partial charge on any atom is -0.495 e. The molecule has 1 saturated heterocycles. The molecule has 0 N–H and O–H groups in total. The molecular weight excluding hydrogens is 550 g/mol. The van der Waals surface area contributed by atoms with Gasteiger partial charge in [0, 0.05) is 55.1 Å². The van der Waals surface area contributed by atoms with Gasteiger partial charge < -0.3 is 14.5 Å². The van der Waals surface area contributed by atoms with Gasteiger partial charge in [0.1, 0.15) is 17.4 Å². The summed E-state index contributed by atoms with van der Waals surface area (Å²) < 4.78 is 5.30. The van der Waals surface area contributed by atoms with Crippen LogP contribution in [-0.4, -0.2) is 66.2 Å². The predicted octanol–water partition coefficient (Wildman–Crippen LogP) is 5.77. The number of nitrogens with zero attached hydrogens (tertiary/aromatic N) is 7. The third-order valence-electron chi connectivity index (χ3n) is 8.00. The van der Waals surface area contributed by atoms with E-state index in [1.807, 2.05) is 44.3 Å². The summed E-state index contributed by atoms with van der Waals surface area (Å²) in [4.78, 5) is 36.4. The van der Waals surface area contributed by atoms with Crippen LogP contribution in [0.25, 0.3) is 0 Å². The van der Waals surface area contributed by atoms with Crippen molar-refractivity contribution in [3.05, 3.63) is 94.0 Å². The van der Waals surface area contributed by atoms with Crippen LogP contribution in [0.3, 0.4) is 0 Å². The number of anilines is 4. The lowest BCUT2D eigenvalue weighted by atomic mass is 10.1. The maximum atomic E-state index is 14.2. The Morgan fingerprint density at radius 1 is 0.952 bits per heavy atom. The van der Waals surface area contributed by atoms with Crippen molar-refractivity contribution in [2.75, 3.05) is 55.0 Å². The van der Waals surface area contributed by atoms with E-state index in [1.165, 1.54) is 0 Å². The summed E-state index contributed by atoms with van der Waals surface area (Å²) in [6.45, 7) is 8.39. The SMILES string of the molecule is COc1ccc(N2C(=O)N(c3c(C)cccc3C)Cc3cnc(Cc4ccc(N5CCN(C)CC5)cc4Cl)nc32)nc1. The van der Waals surface area contributed by atoms with Gasteiger partial charge in [-0.05, 0) is 61.9 Å². The Morgan fingerprint density at radius 3 is 2.38 bits per heavy atom. The molecule has 9 nitrogen and oxygen atoms in total. The molecule has 2 aliphatic rings. The van der Waals surface area contributed by atoms with Crippen molar-refractivity contribution < 1.29 is 9.53 Å². The Hall–Kier alpha value is -4.21. The monoisotopic (exact) mass is 583 g/mol. The Morgan fingerprint density at radius 2 is 1.71 bits per heavy atom. The van der Waals surface area contributed by atoms with Crippen LogP contribution in [0.2, 0.25) is 5.02 Å². The van der Waals surface area contributed by atoms with Crippen LogP contribution in [0.15, 0.2) is 60.9 Å². The first-order valence-electron chi connectivity index (χ1n) is 14.1. The highest BCUT2D eigenvalue weighted by molar-refractivity contribution is 6.31. The molecule has 0 saturated carbocycles. The number of halogens is 1. The van der Waals surface area contributed by atoms with E-state index in [0.29, 0.717) is 41.2 Å². The maximum absolute atomic E-state index is 14.2. The van der Waals surface area contributed by atoms with Gasteiger partial charge in [0.05, 0.1) is 25.5 Å². The fourth-order valence-corrected chi connectivity index (χ4v) is 5.86. The van der Waals surface area contributed by atoms with Crippen LogP contribution < -0.4 is 19.4 Å². The Kier molecular flexibility index (Phi) is 7.70. The molecule has 0 atom stereocenters. The van der Waals surface area contributed by atoms with Gasteiger partial charge in [-0.1, -0.05) is 35.9 Å². The molecule has 0 aliphatic carbocycles. The largest absolute Gasteiger partial charge is 0.495 e. The summed E-state index contributed by atoms with van der Waals surface area (Å²) in [5, 5.41) is 0.679. The number of hydrogen-bond acceptors (Lipinski definition) is 7. The Balaban J connectivity index is 1.34. The van der Waals surface area contributed by atoms with E-state index >= 15 is 0 Å². The number of piperazine rings is 1. The molecule has 6 rings (SSSR count). The number of para-hydroxylation sites is 1. The van der Waals surface area contributed by atoms with Crippen molar-refractivity contribution in [1.82, 2.24) is 19.9 Å². The van der Waals surface area contributed by atoms with E-state index in [2.05, 4.69) is 34.0 Å². The number of carbonyl (C=O) groups excluding carboxylic acids is 1. The zero-order valence-corrected chi connectivity index (χ0v) is 25.1. The zero-order chi connectivity index (χ0) is 29.4. The van der Waals surface area contributed by atoms with E-state index in [0.717, 1.165) is 59.8 Å². The number of aryl methyl sites for hydroxylation is 2. The lowest BCUT2D eigenvalue weighted by Gasteiger charge is -2.36. The van der Waals surface area contributed by atoms with Crippen LogP contribution in [0, 0.1) is 13.8 Å². The number of ether oxygens (including phenoxy) is 1. The lowest BCUT2D eigenvalue weighted by molar-refractivity contribution is 0.252. The fraction of sp³-hybridized carbons (Fsp3) is 0.312. The van der Waals surface area contributed by atoms with Crippen molar-refractivity contribution in [2.24, 2.45) is 0 Å². The van der Waals surface area contributed by atoms with Gasteiger partial charge in [-0.3, -0.25) is 4.90 Å². The zero-order valence-electron chi connectivity index (χ0n) is 24.3. The molecule has 216 valence electrons. The second-order valence-electron chi connectivity index (χ2n) is 10.9. The molecule has 0 unspecified atom stereocenters. The predicted molar refractivity (Wildman–Crippen MR) is 166 cm³/mol. The lowest BCUT2D eigenvalue weighted by Crippen LogP contribution is -2.46. The quantitative estimate of drug-likeness (QED) is 0.285. The third kappa shape index (κ3) is 5.37. The van der Waals surface area contributed by atoms with Crippen LogP contribution in [0.4, 0.5) is 27.8 Å². The molecule has 1 fully saturated rings. The summed E-state index contributed by atoms with van der Waals surface area (Å²) >= 11 is 6.78. The molecule has 4 aromatic rings. The Bertz CT molecular complexity index is 1600. The average Bonchev–Trinajstić information content (AvgIpc) is 2.99. The molecule has 2 aromatic carbocycles. The Labute approximate surface area is 251 Å². The molecular formula is C32H34ClN7O2. The summed E-state index contributed by atoms with van der Waals surface area (Å²) in [6, 6.07) is 15.6. The van der Waals surface area contributed by atoms with Gasteiger partial charge in [0.25, 0.3) is 0 Å². The van der Waals surface area contributed by atoms with E-state index in [9.17, 15) is 4.79 Å². The number of aromatic nitrogens is 3. The van der Waals surface area contributed by atoms with Gasteiger partial charge in [-0.2, -0.15) is 0 Å². The minimum absolute atomic E-state index is 0.225. The fourth-order valence-electron chi connectivity index (χ4n) is 5.62. The highest BCUT2D eigenvalue weighted by Gasteiger charge is 2.36. The molecule has 42 heavy (non-hydrogen) atoms. The van der Waals surface area contributed by atoms with E-state index < -0.39 is 0 Å². The van der Waals surface area contributed by atoms with E-state index in [4.69, 9.17) is 26.3 Å². The van der Waals surface area contributed by atoms with Crippen molar-refractivity contribution in [1.29, 1.82) is 0 Å². The molecule has 0 spiro atoms. The van der Waals surface area contributed by atoms with Crippen LogP contribution >= 0.6 is 11.6 Å². The number of likely N-dealkylation sites (N-methyl/N-ethyl adjacent to an activating group) is 1. The number of benzene rings is 2. The first-order valence-corrected chi connectivity index (χ1v) is 14.4. The van der Waals surface area contributed by atoms with Gasteiger partial charge in [-0.25, -0.2) is 24.6 Å². The average molecular weight is 584 g/mol. The third-order valence-corrected chi connectivity index (χ3v) is 8.35. The summed E-state index contributed by atoms with van der Waals surface area (Å²) in [5.41, 5.74) is 5.79. The van der Waals surface area contributed by atoms with Crippen LogP contribution in [0.5, 0.6) is 5.75 Å². The minimum atomic E-state index is -0.225. The summed E-state index contributed by atoms with van der Waals surface area (Å²) in [6.07, 6.45) is 3.85. The summed E-state index contributed by atoms with van der Waals surface area (Å²) in [5.74, 6) is 2.16. The number of amides is 2. The van der Waals surface area contributed by atoms with Gasteiger partial charge >= 0.3 is 6.03 Å². The second kappa shape index (κ2) is 11.6. The van der Waals surface area contributed by atoms with Crippen molar-refractivity contribution in [3.63, 3.8) is 0 Å². The number of fused-ring (bicyclic) bond motifs is 1. The first kappa shape index (κ1) is 27.9. The van der Waals surface area contributed by atoms with Gasteiger partial charge in [-0.15, -0.1) is 0 Å². The highest BCUT2D eigenvalue weighted by Crippen LogP contribution is 2.37. The molecule has 2 aliphatic heterocycles. The normalized spacial score (nSPS) is 15.6. The molecule has 0 radical (unpaired) electrons. The van der Waals surface area contributed by atoms with Crippen molar-refractivity contribution in [2.45, 2.75) is 26.8 Å². The molecule has 4 heterocycles. The number of rotatable bonds is 6.